The summed E-state index contributed by atoms with van der Waals surface area (Å²) in [6, 6.07) is 0.222. The Morgan fingerprint density at radius 1 is 1.19 bits per heavy atom. The van der Waals surface area contributed by atoms with E-state index < -0.39 is 0 Å². The fourth-order valence-electron chi connectivity index (χ4n) is 2.37. The monoisotopic (exact) mass is 227 g/mol. The second-order valence-electron chi connectivity index (χ2n) is 5.20. The number of carbonyl (C=O) groups excluding carboxylic acids is 1. The van der Waals surface area contributed by atoms with E-state index in [9.17, 15) is 4.79 Å². The highest BCUT2D eigenvalue weighted by molar-refractivity contribution is 5.67. The zero-order valence-electron chi connectivity index (χ0n) is 10.9. The third kappa shape index (κ3) is 4.12. The number of nitrogens with one attached hydrogen (secondary N) is 1. The summed E-state index contributed by atoms with van der Waals surface area (Å²) >= 11 is 0. The van der Waals surface area contributed by atoms with Crippen LogP contribution in [0.2, 0.25) is 0 Å². The highest BCUT2D eigenvalue weighted by atomic mass is 16.2. The summed E-state index contributed by atoms with van der Waals surface area (Å²) < 4.78 is 0.605. The van der Waals surface area contributed by atoms with E-state index >= 15 is 0 Å². The number of rotatable bonds is 7. The smallest absolute Gasteiger partial charge is 0.305 e. The number of hydrogen-bond donors (Lipinski definition) is 1. The van der Waals surface area contributed by atoms with Crippen LogP contribution in [-0.4, -0.2) is 37.2 Å². The van der Waals surface area contributed by atoms with Crippen LogP contribution in [0.15, 0.2) is 0 Å². The van der Waals surface area contributed by atoms with E-state index in [0.29, 0.717) is 4.48 Å². The Morgan fingerprint density at radius 2 is 1.88 bits per heavy atom. The maximum Gasteiger partial charge on any atom is 0.416 e. The lowest BCUT2D eigenvalue weighted by atomic mass is 10.1. The quantitative estimate of drug-likeness (QED) is 0.526. The molecule has 1 atom stereocenters. The zero-order chi connectivity index (χ0) is 11.9. The number of quaternary nitrogens is 1. The molecule has 2 amide bonds. The molecule has 0 bridgehead atoms. The van der Waals surface area contributed by atoms with Crippen molar-refractivity contribution in [2.75, 3.05) is 26.7 Å². The van der Waals surface area contributed by atoms with E-state index in [1.54, 1.807) is 0 Å². The van der Waals surface area contributed by atoms with Gasteiger partial charge >= 0.3 is 6.03 Å². The van der Waals surface area contributed by atoms with Gasteiger partial charge in [0.15, 0.2) is 0 Å². The van der Waals surface area contributed by atoms with Gasteiger partial charge in [-0.1, -0.05) is 32.6 Å². The third-order valence-corrected chi connectivity index (χ3v) is 3.60. The molecule has 1 fully saturated rings. The highest BCUT2D eigenvalue weighted by Gasteiger charge is 2.33. The summed E-state index contributed by atoms with van der Waals surface area (Å²) in [6.45, 7) is 5.13. The lowest BCUT2D eigenvalue weighted by Gasteiger charge is -2.34. The molecule has 1 aliphatic heterocycles. The first-order valence-electron chi connectivity index (χ1n) is 6.82. The standard InChI is InChI=1S/C13H26N2O/c1-3-4-5-6-7-8-11-15(2)12-9-10-14-13(15)16/h3-12H2,1-2H3/p+1. The Kier molecular flexibility index (Phi) is 5.81. The van der Waals surface area contributed by atoms with Crippen LogP contribution in [-0.2, 0) is 0 Å². The molecule has 1 saturated heterocycles. The maximum atomic E-state index is 11.7. The molecule has 0 aromatic carbocycles. The van der Waals surface area contributed by atoms with Crippen molar-refractivity contribution < 1.29 is 9.28 Å². The van der Waals surface area contributed by atoms with Crippen LogP contribution in [0.1, 0.15) is 51.9 Å². The summed E-state index contributed by atoms with van der Waals surface area (Å²) in [5, 5.41) is 2.97. The topological polar surface area (TPSA) is 29.1 Å². The third-order valence-electron chi connectivity index (χ3n) is 3.60. The molecule has 3 heteroatoms. The molecule has 1 unspecified atom stereocenters. The van der Waals surface area contributed by atoms with Crippen molar-refractivity contribution in [2.45, 2.75) is 51.9 Å². The molecule has 0 radical (unpaired) electrons. The number of unbranched alkanes of at least 4 members (excludes halogenated alkanes) is 5. The van der Waals surface area contributed by atoms with E-state index in [-0.39, 0.29) is 6.03 Å². The molecule has 0 aromatic heterocycles. The first-order valence-corrected chi connectivity index (χ1v) is 6.82. The van der Waals surface area contributed by atoms with Crippen LogP contribution in [0.3, 0.4) is 0 Å². The second kappa shape index (κ2) is 6.89. The number of carbonyl (C=O) groups is 1. The van der Waals surface area contributed by atoms with Crippen LogP contribution in [0.4, 0.5) is 4.79 Å². The minimum atomic E-state index is 0.222. The fraction of sp³-hybridized carbons (Fsp3) is 0.923. The van der Waals surface area contributed by atoms with Gasteiger partial charge in [-0.3, -0.25) is 0 Å². The predicted octanol–water partition coefficient (Wildman–Crippen LogP) is 2.91. The van der Waals surface area contributed by atoms with Crippen molar-refractivity contribution in [1.29, 1.82) is 0 Å². The van der Waals surface area contributed by atoms with Gasteiger partial charge in [-0.15, -0.1) is 0 Å². The average Bonchev–Trinajstić information content (AvgIpc) is 2.28. The summed E-state index contributed by atoms with van der Waals surface area (Å²) in [4.78, 5) is 11.7. The molecule has 0 saturated carbocycles. The van der Waals surface area contributed by atoms with E-state index in [1.165, 1.54) is 38.5 Å². The first kappa shape index (κ1) is 13.5. The van der Waals surface area contributed by atoms with Gasteiger partial charge in [0.25, 0.3) is 0 Å². The molecular weight excluding hydrogens is 200 g/mol. The second-order valence-corrected chi connectivity index (χ2v) is 5.20. The van der Waals surface area contributed by atoms with Crippen molar-refractivity contribution in [1.82, 2.24) is 5.32 Å². The van der Waals surface area contributed by atoms with Crippen molar-refractivity contribution in [3.63, 3.8) is 0 Å². The highest BCUT2D eigenvalue weighted by Crippen LogP contribution is 2.13. The van der Waals surface area contributed by atoms with Crippen LogP contribution in [0.25, 0.3) is 0 Å². The summed E-state index contributed by atoms with van der Waals surface area (Å²) in [5.74, 6) is 0. The van der Waals surface area contributed by atoms with Gasteiger partial charge in [-0.25, -0.2) is 9.28 Å². The number of urea groups is 1. The minimum Gasteiger partial charge on any atom is -0.305 e. The summed E-state index contributed by atoms with van der Waals surface area (Å²) in [5.41, 5.74) is 0. The Morgan fingerprint density at radius 3 is 2.56 bits per heavy atom. The van der Waals surface area contributed by atoms with Gasteiger partial charge in [0.2, 0.25) is 0 Å². The van der Waals surface area contributed by atoms with Gasteiger partial charge in [-0.2, -0.15) is 0 Å². The number of nitrogens with zero attached hydrogens (tertiary/aromatic N) is 1. The molecule has 0 aromatic rings. The van der Waals surface area contributed by atoms with E-state index in [1.807, 2.05) is 0 Å². The Bertz CT molecular complexity index is 218. The van der Waals surface area contributed by atoms with Gasteiger partial charge in [0.05, 0.1) is 20.1 Å². The van der Waals surface area contributed by atoms with E-state index in [4.69, 9.17) is 0 Å². The lowest BCUT2D eigenvalue weighted by Crippen LogP contribution is -2.59. The Hall–Kier alpha value is -0.570. The SMILES string of the molecule is CCCCCCCC[N+]1(C)CCCNC1=O. The Balaban J connectivity index is 2.13. The van der Waals surface area contributed by atoms with E-state index in [2.05, 4.69) is 19.3 Å². The largest absolute Gasteiger partial charge is 0.416 e. The lowest BCUT2D eigenvalue weighted by molar-refractivity contribution is -0.833. The van der Waals surface area contributed by atoms with Gasteiger partial charge < -0.3 is 5.32 Å². The normalized spacial score (nSPS) is 25.5. The average molecular weight is 227 g/mol. The molecule has 16 heavy (non-hydrogen) atoms. The van der Waals surface area contributed by atoms with Crippen molar-refractivity contribution in [2.24, 2.45) is 0 Å². The van der Waals surface area contributed by atoms with Crippen molar-refractivity contribution in [3.8, 4) is 0 Å². The maximum absolute atomic E-state index is 11.7. The number of amides is 2. The number of hydrogen-bond acceptors (Lipinski definition) is 1. The molecule has 1 N–H and O–H groups in total. The van der Waals surface area contributed by atoms with Crippen LogP contribution in [0, 0.1) is 0 Å². The molecule has 94 valence electrons. The Labute approximate surface area is 99.8 Å². The van der Waals surface area contributed by atoms with Gasteiger partial charge in [0.1, 0.15) is 0 Å². The van der Waals surface area contributed by atoms with Gasteiger partial charge in [0, 0.05) is 13.0 Å². The molecule has 3 nitrogen and oxygen atoms in total. The van der Waals surface area contributed by atoms with Crippen molar-refractivity contribution in [3.05, 3.63) is 0 Å². The molecular formula is C13H27N2O+. The van der Waals surface area contributed by atoms with Gasteiger partial charge in [-0.05, 0) is 12.8 Å². The van der Waals surface area contributed by atoms with Crippen LogP contribution >= 0.6 is 0 Å². The predicted molar refractivity (Wildman–Crippen MR) is 67.3 cm³/mol. The van der Waals surface area contributed by atoms with Crippen molar-refractivity contribution >= 4 is 6.03 Å². The first-order chi connectivity index (χ1) is 7.69. The minimum absolute atomic E-state index is 0.222. The molecule has 1 aliphatic rings. The summed E-state index contributed by atoms with van der Waals surface area (Å²) in [6.07, 6.45) is 8.93. The zero-order valence-corrected chi connectivity index (χ0v) is 10.9. The summed E-state index contributed by atoms with van der Waals surface area (Å²) in [7, 11) is 2.07. The molecule has 1 heterocycles. The molecule has 1 rings (SSSR count). The fourth-order valence-corrected chi connectivity index (χ4v) is 2.37. The van der Waals surface area contributed by atoms with E-state index in [0.717, 1.165) is 26.1 Å². The molecule has 0 aliphatic carbocycles. The van der Waals surface area contributed by atoms with Crippen LogP contribution < -0.4 is 5.32 Å². The molecule has 0 spiro atoms. The van der Waals surface area contributed by atoms with Crippen LogP contribution in [0.5, 0.6) is 0 Å².